The van der Waals surface area contributed by atoms with E-state index in [0.717, 1.165) is 50.8 Å². The Labute approximate surface area is 163 Å². The van der Waals surface area contributed by atoms with E-state index in [1.165, 1.54) is 19.5 Å². The lowest BCUT2D eigenvalue weighted by atomic mass is 10.3. The molecular weight excluding hydrogens is 415 g/mol. The number of aliphatic imine (C=N–C) groups is 1. The Bertz CT molecular complexity index is 467. The number of likely N-dealkylation sites (N-methyl/N-ethyl adjacent to an activating group) is 1. The molecule has 0 aromatic carbocycles. The highest BCUT2D eigenvalue weighted by Gasteiger charge is 2.11. The predicted molar refractivity (Wildman–Crippen MR) is 111 cm³/mol. The number of nitrogens with one attached hydrogen (secondary N) is 2. The molecule has 0 saturated carbocycles. The highest BCUT2D eigenvalue weighted by atomic mass is 127. The monoisotopic (exact) mass is 446 g/mol. The Morgan fingerprint density at radius 1 is 1.17 bits per heavy atom. The molecule has 1 aromatic rings. The molecule has 0 atom stereocenters. The number of nitrogens with zero attached hydrogens (tertiary/aromatic N) is 4. The van der Waals surface area contributed by atoms with Crippen LogP contribution in [0.15, 0.2) is 29.4 Å². The lowest BCUT2D eigenvalue weighted by molar-refractivity contribution is 0.280. The average Bonchev–Trinajstić information content (AvgIpc) is 2.79. The summed E-state index contributed by atoms with van der Waals surface area (Å²) in [6.45, 7) is 7.55. The van der Waals surface area contributed by atoms with Crippen molar-refractivity contribution in [1.29, 1.82) is 0 Å². The molecule has 1 aliphatic heterocycles. The normalized spacial score (nSPS) is 17.0. The van der Waals surface area contributed by atoms with Gasteiger partial charge in [-0.05, 0) is 38.7 Å². The summed E-state index contributed by atoms with van der Waals surface area (Å²) < 4.78 is 0. The first-order chi connectivity index (χ1) is 11.3. The number of aromatic nitrogens is 1. The van der Waals surface area contributed by atoms with Crippen LogP contribution < -0.4 is 10.6 Å². The molecule has 0 radical (unpaired) electrons. The molecule has 1 aromatic heterocycles. The number of hydrogen-bond donors (Lipinski definition) is 2. The van der Waals surface area contributed by atoms with Crippen molar-refractivity contribution in [3.63, 3.8) is 0 Å². The maximum Gasteiger partial charge on any atom is 0.191 e. The zero-order chi connectivity index (χ0) is 16.3. The van der Waals surface area contributed by atoms with Gasteiger partial charge in [0.2, 0.25) is 0 Å². The number of rotatable bonds is 6. The minimum absolute atomic E-state index is 0. The number of hydrogen-bond acceptors (Lipinski definition) is 4. The van der Waals surface area contributed by atoms with E-state index in [1.54, 1.807) is 0 Å². The topological polar surface area (TPSA) is 55.8 Å². The summed E-state index contributed by atoms with van der Waals surface area (Å²) in [5, 5.41) is 6.74. The molecule has 2 N–H and O–H groups in total. The third-order valence-corrected chi connectivity index (χ3v) is 4.16. The molecule has 0 bridgehead atoms. The van der Waals surface area contributed by atoms with E-state index in [1.807, 2.05) is 31.4 Å². The summed E-state index contributed by atoms with van der Waals surface area (Å²) in [4.78, 5) is 13.5. The van der Waals surface area contributed by atoms with Crippen molar-refractivity contribution in [1.82, 2.24) is 25.4 Å². The van der Waals surface area contributed by atoms with Crippen LogP contribution >= 0.6 is 24.0 Å². The van der Waals surface area contributed by atoms with Gasteiger partial charge in [0.05, 0.1) is 0 Å². The minimum atomic E-state index is 0. The molecule has 1 fully saturated rings. The van der Waals surface area contributed by atoms with Crippen LogP contribution in [-0.4, -0.2) is 80.7 Å². The maximum atomic E-state index is 4.33. The second-order valence-electron chi connectivity index (χ2n) is 6.00. The quantitative estimate of drug-likeness (QED) is 0.389. The largest absolute Gasteiger partial charge is 0.356 e. The number of pyridine rings is 1. The molecule has 0 amide bonds. The first-order valence-corrected chi connectivity index (χ1v) is 8.53. The van der Waals surface area contributed by atoms with Gasteiger partial charge < -0.3 is 20.4 Å². The van der Waals surface area contributed by atoms with E-state index in [-0.39, 0.29) is 24.0 Å². The van der Waals surface area contributed by atoms with Crippen molar-refractivity contribution >= 4 is 29.9 Å². The Kier molecular flexibility index (Phi) is 10.9. The van der Waals surface area contributed by atoms with Crippen molar-refractivity contribution in [2.75, 3.05) is 59.9 Å². The van der Waals surface area contributed by atoms with Crippen molar-refractivity contribution in [2.24, 2.45) is 4.99 Å². The second kappa shape index (κ2) is 12.4. The van der Waals surface area contributed by atoms with Gasteiger partial charge in [-0.3, -0.25) is 9.98 Å². The summed E-state index contributed by atoms with van der Waals surface area (Å²) in [6.07, 6.45) is 3.99. The third kappa shape index (κ3) is 8.25. The zero-order valence-corrected chi connectivity index (χ0v) is 17.2. The van der Waals surface area contributed by atoms with Gasteiger partial charge in [-0.25, -0.2) is 0 Å². The van der Waals surface area contributed by atoms with Crippen LogP contribution in [0.2, 0.25) is 0 Å². The molecule has 0 spiro atoms. The smallest absolute Gasteiger partial charge is 0.191 e. The molecule has 2 heterocycles. The Morgan fingerprint density at radius 3 is 2.75 bits per heavy atom. The van der Waals surface area contributed by atoms with E-state index in [4.69, 9.17) is 0 Å². The third-order valence-electron chi connectivity index (χ3n) is 4.16. The summed E-state index contributed by atoms with van der Waals surface area (Å²) in [7, 11) is 4.02. The van der Waals surface area contributed by atoms with Crippen LogP contribution in [0.4, 0.5) is 0 Å². The molecule has 0 unspecified atom stereocenters. The lowest BCUT2D eigenvalue weighted by Gasteiger charge is -2.21. The average molecular weight is 446 g/mol. The van der Waals surface area contributed by atoms with Gasteiger partial charge in [-0.1, -0.05) is 6.07 Å². The van der Waals surface area contributed by atoms with Gasteiger partial charge in [0.1, 0.15) is 0 Å². The van der Waals surface area contributed by atoms with Crippen LogP contribution in [0.5, 0.6) is 0 Å². The van der Waals surface area contributed by atoms with E-state index in [0.29, 0.717) is 0 Å². The van der Waals surface area contributed by atoms with Crippen LogP contribution in [0, 0.1) is 0 Å². The van der Waals surface area contributed by atoms with Crippen LogP contribution in [-0.2, 0) is 6.42 Å². The van der Waals surface area contributed by atoms with Gasteiger partial charge in [-0.2, -0.15) is 0 Å². The van der Waals surface area contributed by atoms with E-state index >= 15 is 0 Å². The predicted octanol–water partition coefficient (Wildman–Crippen LogP) is 1.04. The van der Waals surface area contributed by atoms with Gasteiger partial charge >= 0.3 is 0 Å². The maximum absolute atomic E-state index is 4.33. The highest BCUT2D eigenvalue weighted by molar-refractivity contribution is 14.0. The molecular formula is C17H31IN6. The molecule has 24 heavy (non-hydrogen) atoms. The lowest BCUT2D eigenvalue weighted by Crippen LogP contribution is -2.42. The SMILES string of the molecule is CN=C(NCCc1ccccn1)NCCN1CCCN(C)CC1.I. The number of halogens is 1. The molecule has 6 nitrogen and oxygen atoms in total. The molecule has 0 aliphatic carbocycles. The van der Waals surface area contributed by atoms with Crippen molar-refractivity contribution in [3.05, 3.63) is 30.1 Å². The molecule has 1 saturated heterocycles. The highest BCUT2D eigenvalue weighted by Crippen LogP contribution is 1.99. The van der Waals surface area contributed by atoms with Gasteiger partial charge in [0.25, 0.3) is 0 Å². The summed E-state index contributed by atoms with van der Waals surface area (Å²) in [5.74, 6) is 0.868. The van der Waals surface area contributed by atoms with E-state index < -0.39 is 0 Å². The van der Waals surface area contributed by atoms with Crippen molar-refractivity contribution < 1.29 is 0 Å². The second-order valence-corrected chi connectivity index (χ2v) is 6.00. The van der Waals surface area contributed by atoms with Crippen molar-refractivity contribution in [2.45, 2.75) is 12.8 Å². The first kappa shape index (κ1) is 21.1. The van der Waals surface area contributed by atoms with Crippen molar-refractivity contribution in [3.8, 4) is 0 Å². The van der Waals surface area contributed by atoms with Crippen LogP contribution in [0.3, 0.4) is 0 Å². The summed E-state index contributed by atoms with van der Waals surface area (Å²) in [6, 6.07) is 6.01. The van der Waals surface area contributed by atoms with E-state index in [9.17, 15) is 0 Å². The Morgan fingerprint density at radius 2 is 2.00 bits per heavy atom. The first-order valence-electron chi connectivity index (χ1n) is 8.53. The zero-order valence-electron chi connectivity index (χ0n) is 14.9. The molecule has 7 heteroatoms. The van der Waals surface area contributed by atoms with E-state index in [2.05, 4.69) is 37.5 Å². The van der Waals surface area contributed by atoms with Crippen LogP contribution in [0.1, 0.15) is 12.1 Å². The standard InChI is InChI=1S/C17H30N6.HI/c1-18-17(20-9-7-16-6-3-4-8-19-16)21-10-13-23-12-5-11-22(2)14-15-23;/h3-4,6,8H,5,7,9-15H2,1-2H3,(H2,18,20,21);1H. The molecule has 1 aliphatic rings. The summed E-state index contributed by atoms with van der Waals surface area (Å²) >= 11 is 0. The van der Waals surface area contributed by atoms with Gasteiger partial charge in [0.15, 0.2) is 5.96 Å². The van der Waals surface area contributed by atoms with Gasteiger partial charge in [0, 0.05) is 58.1 Å². The van der Waals surface area contributed by atoms with Gasteiger partial charge in [-0.15, -0.1) is 24.0 Å². The molecule has 2 rings (SSSR count). The fourth-order valence-corrected chi connectivity index (χ4v) is 2.73. The summed E-state index contributed by atoms with van der Waals surface area (Å²) in [5.41, 5.74) is 1.10. The minimum Gasteiger partial charge on any atom is -0.356 e. The fourth-order valence-electron chi connectivity index (χ4n) is 2.73. The number of guanidine groups is 1. The Hall–Kier alpha value is -0.930. The van der Waals surface area contributed by atoms with Crippen LogP contribution in [0.25, 0.3) is 0 Å². The fraction of sp³-hybridized carbons (Fsp3) is 0.647. The molecule has 136 valence electrons. The Balaban J connectivity index is 0.00000288.